The maximum atomic E-state index is 13.0. The first kappa shape index (κ1) is 27.8. The number of aromatic amines is 1. The van der Waals surface area contributed by atoms with Gasteiger partial charge in [0.15, 0.2) is 12.3 Å². The average molecular weight is 568 g/mol. The number of fused-ring (bicyclic) bond motifs is 3. The zero-order valence-electron chi connectivity index (χ0n) is 23.2. The van der Waals surface area contributed by atoms with Crippen molar-refractivity contribution in [2.24, 2.45) is 0 Å². The number of thiophene rings is 1. The van der Waals surface area contributed by atoms with Crippen LogP contribution in [-0.2, 0) is 29.1 Å². The predicted octanol–water partition coefficient (Wildman–Crippen LogP) is 3.87. The van der Waals surface area contributed by atoms with E-state index in [9.17, 15) is 14.8 Å². The van der Waals surface area contributed by atoms with Crippen molar-refractivity contribution >= 4 is 27.5 Å². The summed E-state index contributed by atoms with van der Waals surface area (Å²) < 4.78 is 15.7. The van der Waals surface area contributed by atoms with Gasteiger partial charge in [-0.2, -0.15) is 0 Å². The monoisotopic (exact) mass is 567 g/mol. The summed E-state index contributed by atoms with van der Waals surface area (Å²) >= 11 is 1.62. The Balaban J connectivity index is 1.14. The van der Waals surface area contributed by atoms with E-state index < -0.39 is 0 Å². The van der Waals surface area contributed by atoms with Crippen molar-refractivity contribution in [3.63, 3.8) is 0 Å². The van der Waals surface area contributed by atoms with E-state index in [0.717, 1.165) is 70.6 Å². The number of aryl methyl sites for hydroxylation is 2. The number of esters is 1. The number of hydrogen-bond acceptors (Lipinski definition) is 10. The summed E-state index contributed by atoms with van der Waals surface area (Å²) in [5, 5.41) is 15.5. The highest BCUT2D eigenvalue weighted by molar-refractivity contribution is 7.18. The molecule has 1 N–H and O–H groups in total. The Hall–Kier alpha value is -3.77. The molecule has 0 fully saturated rings. The summed E-state index contributed by atoms with van der Waals surface area (Å²) in [4.78, 5) is 37.4. The number of benzene rings is 1. The van der Waals surface area contributed by atoms with Crippen LogP contribution in [-0.4, -0.2) is 46.2 Å². The van der Waals surface area contributed by atoms with Gasteiger partial charge in [0, 0.05) is 42.0 Å². The number of carbonyl (C=O) groups excluding carboxylic acids is 1. The Morgan fingerprint density at radius 3 is 2.73 bits per heavy atom. The average Bonchev–Trinajstić information content (AvgIpc) is 3.44. The van der Waals surface area contributed by atoms with Crippen LogP contribution in [0.25, 0.3) is 21.6 Å². The molecule has 0 saturated carbocycles. The van der Waals surface area contributed by atoms with Crippen LogP contribution in [0.2, 0.25) is 0 Å². The lowest BCUT2D eigenvalue weighted by Gasteiger charge is -2.21. The minimum absolute atomic E-state index is 0.0780. The zero-order chi connectivity index (χ0) is 28.4. The third-order valence-corrected chi connectivity index (χ3v) is 8.30. The predicted molar refractivity (Wildman–Crippen MR) is 149 cm³/mol. The lowest BCUT2D eigenvalue weighted by atomic mass is 10.0. The van der Waals surface area contributed by atoms with Gasteiger partial charge in [0.05, 0.1) is 12.0 Å². The quantitative estimate of drug-likeness (QED) is 0.172. The molecule has 4 aromatic rings. The molecule has 0 atom stereocenters. The molecule has 212 valence electrons. The van der Waals surface area contributed by atoms with Gasteiger partial charge in [-0.25, -0.2) is 4.98 Å². The molecular formula is C28H33N5O6S. The molecular weight excluding hydrogens is 534 g/mol. The van der Waals surface area contributed by atoms with E-state index in [1.54, 1.807) is 18.3 Å². The number of carbonyl (C=O) groups is 1. The van der Waals surface area contributed by atoms with Crippen LogP contribution in [0.3, 0.4) is 0 Å². The Morgan fingerprint density at radius 1 is 1.23 bits per heavy atom. The fourth-order valence-corrected chi connectivity index (χ4v) is 6.27. The first-order valence-corrected chi connectivity index (χ1v) is 14.2. The van der Waals surface area contributed by atoms with E-state index in [1.807, 2.05) is 26.0 Å². The minimum Gasteiger partial charge on any atom is -0.493 e. The van der Waals surface area contributed by atoms with Crippen molar-refractivity contribution in [3.8, 4) is 17.1 Å². The maximum absolute atomic E-state index is 13.0. The number of H-pyrrole nitrogens is 1. The molecule has 0 amide bonds. The molecule has 4 heterocycles. The zero-order valence-corrected chi connectivity index (χ0v) is 24.0. The topological polar surface area (TPSA) is 137 Å². The molecule has 1 aliphatic rings. The lowest BCUT2D eigenvalue weighted by molar-refractivity contribution is -0.806. The van der Waals surface area contributed by atoms with E-state index in [-0.39, 0.29) is 35.2 Å². The number of likely N-dealkylation sites (N-methyl/N-ethyl adjacent to an activating group) is 1. The minimum atomic E-state index is -0.345. The first-order chi connectivity index (χ1) is 19.2. The second-order valence-corrected chi connectivity index (χ2v) is 11.4. The standard InChI is InChI=1S/C28H33N5O6S/c1-16-12-19(26-29-27(35)24-20-9-10-32(4)14-22(20)40-28(24)30-26)13-17(2)25(16)37-11-7-5-6-8-23(34)38-15-21-18(3)33(36)39-31-21/h12-13H,5-11,14-15H2,1-4H3,(H,29,30,35). The molecule has 0 bridgehead atoms. The number of nitrogens with zero attached hydrogens (tertiary/aromatic N) is 4. The van der Waals surface area contributed by atoms with Crippen molar-refractivity contribution in [1.29, 1.82) is 0 Å². The van der Waals surface area contributed by atoms with Crippen LogP contribution < -0.4 is 15.2 Å². The van der Waals surface area contributed by atoms with Crippen LogP contribution in [0.15, 0.2) is 21.6 Å². The van der Waals surface area contributed by atoms with E-state index in [0.29, 0.717) is 24.5 Å². The number of aromatic nitrogens is 4. The number of rotatable bonds is 10. The number of ether oxygens (including phenoxy) is 2. The summed E-state index contributed by atoms with van der Waals surface area (Å²) in [6.07, 6.45) is 3.41. The molecule has 5 rings (SSSR count). The molecule has 1 aromatic carbocycles. The third-order valence-electron chi connectivity index (χ3n) is 7.19. The molecule has 3 aromatic heterocycles. The van der Waals surface area contributed by atoms with Gasteiger partial charge in [-0.15, -0.1) is 11.3 Å². The van der Waals surface area contributed by atoms with E-state index in [2.05, 4.69) is 26.7 Å². The van der Waals surface area contributed by atoms with Gasteiger partial charge in [0.2, 0.25) is 0 Å². The Kier molecular flexibility index (Phi) is 8.17. The normalized spacial score (nSPS) is 13.5. The summed E-state index contributed by atoms with van der Waals surface area (Å²) in [5.74, 6) is 1.04. The van der Waals surface area contributed by atoms with Crippen LogP contribution >= 0.6 is 11.3 Å². The third kappa shape index (κ3) is 5.87. The molecule has 0 aliphatic carbocycles. The van der Waals surface area contributed by atoms with Gasteiger partial charge in [-0.1, -0.05) is 0 Å². The molecule has 0 saturated heterocycles. The van der Waals surface area contributed by atoms with Gasteiger partial charge in [0.25, 0.3) is 11.3 Å². The van der Waals surface area contributed by atoms with E-state index >= 15 is 0 Å². The molecule has 40 heavy (non-hydrogen) atoms. The van der Waals surface area contributed by atoms with Gasteiger partial charge in [0.1, 0.15) is 16.4 Å². The Morgan fingerprint density at radius 2 is 2.00 bits per heavy atom. The highest BCUT2D eigenvalue weighted by Crippen LogP contribution is 2.34. The summed E-state index contributed by atoms with van der Waals surface area (Å²) in [6, 6.07) is 3.99. The highest BCUT2D eigenvalue weighted by atomic mass is 32.1. The second kappa shape index (κ2) is 11.8. The summed E-state index contributed by atoms with van der Waals surface area (Å²) in [6.45, 7) is 7.77. The Bertz CT molecular complexity index is 1580. The fraction of sp³-hybridized carbons (Fsp3) is 0.464. The molecule has 1 aliphatic heterocycles. The molecule has 0 radical (unpaired) electrons. The van der Waals surface area contributed by atoms with E-state index in [4.69, 9.17) is 14.5 Å². The maximum Gasteiger partial charge on any atom is 0.306 e. The van der Waals surface area contributed by atoms with Gasteiger partial charge < -0.3 is 24.6 Å². The highest BCUT2D eigenvalue weighted by Gasteiger charge is 2.22. The lowest BCUT2D eigenvalue weighted by Crippen LogP contribution is -2.26. The van der Waals surface area contributed by atoms with Crippen molar-refractivity contribution in [3.05, 3.63) is 60.6 Å². The molecule has 11 nitrogen and oxygen atoms in total. The van der Waals surface area contributed by atoms with Crippen LogP contribution in [0.1, 0.15) is 58.6 Å². The largest absolute Gasteiger partial charge is 0.493 e. The Labute approximate surface area is 235 Å². The molecule has 12 heteroatoms. The summed E-state index contributed by atoms with van der Waals surface area (Å²) in [7, 11) is 2.10. The SMILES string of the molecule is Cc1cc(-c2nc3sc4c(c3c(=O)[nH]2)CCN(C)C4)cc(C)c1OCCCCCC(=O)OCc1no[n+]([O-])c1C. The first-order valence-electron chi connectivity index (χ1n) is 13.4. The van der Waals surface area contributed by atoms with E-state index in [1.165, 1.54) is 4.88 Å². The van der Waals surface area contributed by atoms with Crippen LogP contribution in [0.5, 0.6) is 5.75 Å². The molecule has 0 spiro atoms. The van der Waals surface area contributed by atoms with Crippen molar-refractivity contribution in [2.75, 3.05) is 20.2 Å². The van der Waals surface area contributed by atoms with Gasteiger partial charge in [-0.05, 0) is 80.3 Å². The number of unbranched alkanes of at least 4 members (excludes halogenated alkanes) is 2. The summed E-state index contributed by atoms with van der Waals surface area (Å²) in [5.41, 5.74) is 4.45. The molecule has 0 unspecified atom stereocenters. The van der Waals surface area contributed by atoms with Crippen molar-refractivity contribution < 1.29 is 23.8 Å². The number of nitrogens with one attached hydrogen (secondary N) is 1. The second-order valence-electron chi connectivity index (χ2n) is 10.3. The van der Waals surface area contributed by atoms with Crippen molar-refractivity contribution in [1.82, 2.24) is 20.0 Å². The number of hydrogen-bond donors (Lipinski definition) is 1. The van der Waals surface area contributed by atoms with Crippen molar-refractivity contribution in [2.45, 2.75) is 66.0 Å². The fourth-order valence-electron chi connectivity index (χ4n) is 4.97. The van der Waals surface area contributed by atoms with Gasteiger partial charge >= 0.3 is 5.97 Å². The smallest absolute Gasteiger partial charge is 0.306 e. The van der Waals surface area contributed by atoms with Gasteiger partial charge in [-0.3, -0.25) is 14.2 Å². The van der Waals surface area contributed by atoms with Crippen LogP contribution in [0.4, 0.5) is 0 Å². The van der Waals surface area contributed by atoms with Crippen LogP contribution in [0, 0.1) is 26.0 Å².